The fourth-order valence-corrected chi connectivity index (χ4v) is 3.65. The monoisotopic (exact) mass is 480 g/mol. The summed E-state index contributed by atoms with van der Waals surface area (Å²) < 4.78 is 1.71. The molecule has 9 heteroatoms. The highest BCUT2D eigenvalue weighted by Crippen LogP contribution is 2.27. The molecule has 0 aliphatic carbocycles. The number of amides is 1. The molecule has 4 rings (SSSR count). The smallest absolute Gasteiger partial charge is 0.255 e. The van der Waals surface area contributed by atoms with Gasteiger partial charge >= 0.3 is 0 Å². The third kappa shape index (κ3) is 5.18. The number of anilines is 4. The molecule has 1 amide bonds. The molecular formula is C27H28N8O. The molecule has 0 saturated carbocycles. The number of aromatic nitrogens is 4. The van der Waals surface area contributed by atoms with Crippen LogP contribution in [-0.2, 0) is 5.41 Å². The van der Waals surface area contributed by atoms with Crippen LogP contribution in [0.25, 0.3) is 5.82 Å². The molecule has 0 bridgehead atoms. The normalized spacial score (nSPS) is 11.0. The van der Waals surface area contributed by atoms with Crippen molar-refractivity contribution in [2.45, 2.75) is 33.1 Å². The van der Waals surface area contributed by atoms with Crippen molar-refractivity contribution < 1.29 is 4.79 Å². The Morgan fingerprint density at radius 2 is 1.86 bits per heavy atom. The molecule has 0 atom stereocenters. The zero-order valence-electron chi connectivity index (χ0n) is 20.9. The SMILES string of the molecule is CNc1cc(-n2nc(C)cc2Nc2cc(NC(=O)c3cccc(C(C)(C)C#N)c3)ccc2C)ncn1. The van der Waals surface area contributed by atoms with Crippen LogP contribution in [0, 0.1) is 25.2 Å². The predicted molar refractivity (Wildman–Crippen MR) is 141 cm³/mol. The first-order valence-corrected chi connectivity index (χ1v) is 11.5. The summed E-state index contributed by atoms with van der Waals surface area (Å²) in [6.07, 6.45) is 1.48. The van der Waals surface area contributed by atoms with Gasteiger partial charge in [-0.05, 0) is 63.1 Å². The van der Waals surface area contributed by atoms with E-state index in [1.807, 2.05) is 64.1 Å². The van der Waals surface area contributed by atoms with Crippen molar-refractivity contribution in [3.63, 3.8) is 0 Å². The number of nitrogens with one attached hydrogen (secondary N) is 3. The first-order valence-electron chi connectivity index (χ1n) is 11.5. The lowest BCUT2D eigenvalue weighted by molar-refractivity contribution is 0.102. The molecule has 0 spiro atoms. The summed E-state index contributed by atoms with van der Waals surface area (Å²) in [5.74, 6) is 1.78. The molecule has 3 N–H and O–H groups in total. The average Bonchev–Trinajstić information content (AvgIpc) is 3.26. The van der Waals surface area contributed by atoms with Crippen molar-refractivity contribution in [2.24, 2.45) is 0 Å². The van der Waals surface area contributed by atoms with Crippen LogP contribution in [0.15, 0.2) is 60.9 Å². The lowest BCUT2D eigenvalue weighted by Crippen LogP contribution is -2.17. The minimum atomic E-state index is -0.685. The Morgan fingerprint density at radius 3 is 2.61 bits per heavy atom. The molecule has 9 nitrogen and oxygen atoms in total. The molecule has 2 aromatic heterocycles. The molecule has 36 heavy (non-hydrogen) atoms. The molecule has 0 fully saturated rings. The van der Waals surface area contributed by atoms with Crippen LogP contribution in [0.5, 0.6) is 0 Å². The number of hydrogen-bond donors (Lipinski definition) is 3. The Bertz CT molecular complexity index is 1460. The molecule has 0 aliphatic rings. The summed E-state index contributed by atoms with van der Waals surface area (Å²) in [5, 5.41) is 23.4. The van der Waals surface area contributed by atoms with E-state index in [-0.39, 0.29) is 5.91 Å². The van der Waals surface area contributed by atoms with Gasteiger partial charge in [-0.1, -0.05) is 18.2 Å². The topological polar surface area (TPSA) is 121 Å². The largest absolute Gasteiger partial charge is 0.373 e. The molecule has 0 aliphatic heterocycles. The molecule has 0 saturated heterocycles. The van der Waals surface area contributed by atoms with E-state index in [4.69, 9.17) is 0 Å². The van der Waals surface area contributed by atoms with Gasteiger partial charge in [-0.2, -0.15) is 15.0 Å². The summed E-state index contributed by atoms with van der Waals surface area (Å²) in [5.41, 5.74) is 3.87. The maximum atomic E-state index is 13.0. The van der Waals surface area contributed by atoms with E-state index >= 15 is 0 Å². The number of carbonyl (C=O) groups is 1. The van der Waals surface area contributed by atoms with Crippen LogP contribution in [0.2, 0.25) is 0 Å². The average molecular weight is 481 g/mol. The molecular weight excluding hydrogens is 452 g/mol. The fraction of sp³-hybridized carbons (Fsp3) is 0.222. The molecule has 2 heterocycles. The van der Waals surface area contributed by atoms with Crippen LogP contribution in [0.1, 0.15) is 41.0 Å². The van der Waals surface area contributed by atoms with Gasteiger partial charge in [-0.25, -0.2) is 9.97 Å². The van der Waals surface area contributed by atoms with Gasteiger partial charge < -0.3 is 16.0 Å². The van der Waals surface area contributed by atoms with Crippen LogP contribution in [0.4, 0.5) is 23.0 Å². The highest BCUT2D eigenvalue weighted by Gasteiger charge is 2.21. The van der Waals surface area contributed by atoms with E-state index in [2.05, 4.69) is 37.1 Å². The number of rotatable bonds is 7. The molecule has 0 unspecified atom stereocenters. The van der Waals surface area contributed by atoms with Gasteiger partial charge in [0.2, 0.25) is 0 Å². The predicted octanol–water partition coefficient (Wildman–Crippen LogP) is 5.12. The van der Waals surface area contributed by atoms with Crippen LogP contribution in [0.3, 0.4) is 0 Å². The van der Waals surface area contributed by atoms with Crippen molar-refractivity contribution in [1.29, 1.82) is 5.26 Å². The second-order valence-electron chi connectivity index (χ2n) is 9.02. The summed E-state index contributed by atoms with van der Waals surface area (Å²) in [6.45, 7) is 7.55. The maximum Gasteiger partial charge on any atom is 0.255 e. The zero-order chi connectivity index (χ0) is 25.9. The maximum absolute atomic E-state index is 13.0. The number of carbonyl (C=O) groups excluding carboxylic acids is 1. The molecule has 4 aromatic rings. The van der Waals surface area contributed by atoms with E-state index in [9.17, 15) is 10.1 Å². The van der Waals surface area contributed by atoms with Crippen molar-refractivity contribution >= 4 is 28.9 Å². The first-order chi connectivity index (χ1) is 17.2. The van der Waals surface area contributed by atoms with E-state index in [0.717, 1.165) is 28.3 Å². The van der Waals surface area contributed by atoms with E-state index in [1.165, 1.54) is 6.33 Å². The number of hydrogen-bond acceptors (Lipinski definition) is 7. The Morgan fingerprint density at radius 1 is 1.06 bits per heavy atom. The Kier molecular flexibility index (Phi) is 6.70. The number of nitriles is 1. The van der Waals surface area contributed by atoms with Crippen molar-refractivity contribution in [3.8, 4) is 11.9 Å². The minimum Gasteiger partial charge on any atom is -0.373 e. The third-order valence-electron chi connectivity index (χ3n) is 5.84. The number of nitrogens with zero attached hydrogens (tertiary/aromatic N) is 5. The molecule has 2 aromatic carbocycles. The van der Waals surface area contributed by atoms with Crippen molar-refractivity contribution in [1.82, 2.24) is 19.7 Å². The summed E-state index contributed by atoms with van der Waals surface area (Å²) in [6, 6.07) is 18.8. The third-order valence-corrected chi connectivity index (χ3v) is 5.84. The number of aryl methyl sites for hydroxylation is 2. The fourth-order valence-electron chi connectivity index (χ4n) is 3.65. The summed E-state index contributed by atoms with van der Waals surface area (Å²) in [4.78, 5) is 21.5. The lowest BCUT2D eigenvalue weighted by atomic mass is 9.85. The van der Waals surface area contributed by atoms with Gasteiger partial charge in [0, 0.05) is 36.1 Å². The Balaban J connectivity index is 1.59. The van der Waals surface area contributed by atoms with Crippen LogP contribution in [-0.4, -0.2) is 32.7 Å². The standard InChI is InChI=1S/C27H28N8O/c1-17-9-10-21(32-26(36)19-7-6-8-20(12-19)27(3,4)15-28)13-22(17)33-25-11-18(2)34-35(25)24-14-23(29-5)30-16-31-24/h6-14,16,33H,1-5H3,(H,32,36)(H,29,30,31). The first kappa shape index (κ1) is 24.4. The van der Waals surface area contributed by atoms with Gasteiger partial charge in [0.15, 0.2) is 5.82 Å². The van der Waals surface area contributed by atoms with E-state index in [0.29, 0.717) is 22.9 Å². The quantitative estimate of drug-likeness (QED) is 0.336. The van der Waals surface area contributed by atoms with Gasteiger partial charge in [0.05, 0.1) is 17.2 Å². The van der Waals surface area contributed by atoms with Crippen molar-refractivity contribution in [3.05, 3.63) is 83.3 Å². The molecule has 0 radical (unpaired) electrons. The van der Waals surface area contributed by atoms with Crippen LogP contribution >= 0.6 is 0 Å². The summed E-state index contributed by atoms with van der Waals surface area (Å²) >= 11 is 0. The minimum absolute atomic E-state index is 0.248. The Hall–Kier alpha value is -4.71. The van der Waals surface area contributed by atoms with Gasteiger partial charge in [0.25, 0.3) is 5.91 Å². The van der Waals surface area contributed by atoms with E-state index in [1.54, 1.807) is 29.9 Å². The second kappa shape index (κ2) is 9.88. The molecule has 182 valence electrons. The second-order valence-corrected chi connectivity index (χ2v) is 9.02. The lowest BCUT2D eigenvalue weighted by Gasteiger charge is -2.17. The van der Waals surface area contributed by atoms with Gasteiger partial charge in [0.1, 0.15) is 18.0 Å². The van der Waals surface area contributed by atoms with E-state index < -0.39 is 5.41 Å². The van der Waals surface area contributed by atoms with Crippen molar-refractivity contribution in [2.75, 3.05) is 23.0 Å². The highest BCUT2D eigenvalue weighted by atomic mass is 16.1. The van der Waals surface area contributed by atoms with Crippen LogP contribution < -0.4 is 16.0 Å². The Labute approximate surface area is 210 Å². The van der Waals surface area contributed by atoms with Gasteiger partial charge in [-0.15, -0.1) is 0 Å². The highest BCUT2D eigenvalue weighted by molar-refractivity contribution is 6.04. The number of benzene rings is 2. The van der Waals surface area contributed by atoms with Gasteiger partial charge in [-0.3, -0.25) is 4.79 Å². The zero-order valence-corrected chi connectivity index (χ0v) is 20.9. The summed E-state index contributed by atoms with van der Waals surface area (Å²) in [7, 11) is 1.80.